The Morgan fingerprint density at radius 1 is 1.48 bits per heavy atom. The fourth-order valence-electron chi connectivity index (χ4n) is 1.67. The SMILES string of the molecule is CCOCCN(C)C(=O)c1cc(F)ccc1C#CCCO. The van der Waals surface area contributed by atoms with Gasteiger partial charge in [0.2, 0.25) is 0 Å². The van der Waals surface area contributed by atoms with Gasteiger partial charge in [-0.25, -0.2) is 4.39 Å². The number of halogens is 1. The topological polar surface area (TPSA) is 49.8 Å². The van der Waals surface area contributed by atoms with Crippen molar-refractivity contribution in [3.8, 4) is 11.8 Å². The summed E-state index contributed by atoms with van der Waals surface area (Å²) in [4.78, 5) is 13.8. The number of nitrogens with zero attached hydrogens (tertiary/aromatic N) is 1. The van der Waals surface area contributed by atoms with Gasteiger partial charge in [0.25, 0.3) is 5.91 Å². The molecule has 0 aliphatic heterocycles. The van der Waals surface area contributed by atoms with Crippen molar-refractivity contribution in [1.29, 1.82) is 0 Å². The summed E-state index contributed by atoms with van der Waals surface area (Å²) in [6.45, 7) is 3.27. The first-order chi connectivity index (χ1) is 10.1. The smallest absolute Gasteiger partial charge is 0.255 e. The molecule has 1 aromatic carbocycles. The first kappa shape index (κ1) is 17.2. The van der Waals surface area contributed by atoms with Gasteiger partial charge in [-0.3, -0.25) is 4.79 Å². The van der Waals surface area contributed by atoms with Crippen molar-refractivity contribution in [3.63, 3.8) is 0 Å². The molecule has 0 radical (unpaired) electrons. The summed E-state index contributed by atoms with van der Waals surface area (Å²) in [7, 11) is 1.64. The summed E-state index contributed by atoms with van der Waals surface area (Å²) in [5, 5.41) is 8.72. The molecular weight excluding hydrogens is 273 g/mol. The van der Waals surface area contributed by atoms with Crippen molar-refractivity contribution in [2.75, 3.05) is 33.4 Å². The van der Waals surface area contributed by atoms with Gasteiger partial charge in [-0.15, -0.1) is 0 Å². The van der Waals surface area contributed by atoms with E-state index in [2.05, 4.69) is 11.8 Å². The Bertz CT molecular complexity index is 534. The fourth-order valence-corrected chi connectivity index (χ4v) is 1.67. The number of aliphatic hydroxyl groups excluding tert-OH is 1. The molecule has 1 amide bonds. The highest BCUT2D eigenvalue weighted by atomic mass is 19.1. The molecule has 0 bridgehead atoms. The molecule has 1 N–H and O–H groups in total. The number of hydrogen-bond donors (Lipinski definition) is 1. The summed E-state index contributed by atoms with van der Waals surface area (Å²) in [5.74, 6) is 4.74. The fraction of sp³-hybridized carbons (Fsp3) is 0.438. The second-order valence-corrected chi connectivity index (χ2v) is 4.39. The molecule has 1 rings (SSSR count). The molecule has 0 spiro atoms. The predicted octanol–water partition coefficient (Wildman–Crippen LogP) is 1.67. The van der Waals surface area contributed by atoms with Crippen molar-refractivity contribution >= 4 is 5.91 Å². The average Bonchev–Trinajstić information content (AvgIpc) is 2.48. The first-order valence-electron chi connectivity index (χ1n) is 6.82. The Morgan fingerprint density at radius 2 is 2.24 bits per heavy atom. The lowest BCUT2D eigenvalue weighted by molar-refractivity contribution is 0.0709. The van der Waals surface area contributed by atoms with E-state index in [9.17, 15) is 9.18 Å². The van der Waals surface area contributed by atoms with Crippen molar-refractivity contribution in [1.82, 2.24) is 4.90 Å². The van der Waals surface area contributed by atoms with Crippen LogP contribution in [0.5, 0.6) is 0 Å². The van der Waals surface area contributed by atoms with Gasteiger partial charge in [-0.2, -0.15) is 0 Å². The van der Waals surface area contributed by atoms with E-state index in [0.717, 1.165) is 0 Å². The van der Waals surface area contributed by atoms with Gasteiger partial charge in [0.05, 0.1) is 18.8 Å². The normalized spacial score (nSPS) is 9.90. The maximum absolute atomic E-state index is 13.4. The molecule has 1 aromatic rings. The van der Waals surface area contributed by atoms with Gasteiger partial charge < -0.3 is 14.7 Å². The number of benzene rings is 1. The number of likely N-dealkylation sites (N-methyl/N-ethyl adjacent to an activating group) is 1. The number of ether oxygens (including phenoxy) is 1. The minimum absolute atomic E-state index is 0.0499. The lowest BCUT2D eigenvalue weighted by Gasteiger charge is -2.18. The van der Waals surface area contributed by atoms with Crippen molar-refractivity contribution in [3.05, 3.63) is 35.1 Å². The summed E-state index contributed by atoms with van der Waals surface area (Å²) in [5.41, 5.74) is 0.678. The van der Waals surface area contributed by atoms with Gasteiger partial charge in [-0.1, -0.05) is 11.8 Å². The average molecular weight is 293 g/mol. The molecule has 0 saturated carbocycles. The minimum atomic E-state index is -0.482. The van der Waals surface area contributed by atoms with Crippen LogP contribution in [0.1, 0.15) is 29.3 Å². The molecule has 0 atom stereocenters. The zero-order chi connectivity index (χ0) is 15.7. The number of amides is 1. The Hall–Kier alpha value is -1.90. The van der Waals surface area contributed by atoms with E-state index in [1.54, 1.807) is 7.05 Å². The molecule has 0 saturated heterocycles. The second-order valence-electron chi connectivity index (χ2n) is 4.39. The number of aliphatic hydroxyl groups is 1. The minimum Gasteiger partial charge on any atom is -0.395 e. The Morgan fingerprint density at radius 3 is 2.90 bits per heavy atom. The summed E-state index contributed by atoms with van der Waals surface area (Å²) >= 11 is 0. The molecule has 0 unspecified atom stereocenters. The zero-order valence-corrected chi connectivity index (χ0v) is 12.4. The molecule has 0 aromatic heterocycles. The maximum Gasteiger partial charge on any atom is 0.255 e. The van der Waals surface area contributed by atoms with Crippen LogP contribution < -0.4 is 0 Å². The number of carbonyl (C=O) groups excluding carboxylic acids is 1. The van der Waals surface area contributed by atoms with Gasteiger partial charge >= 0.3 is 0 Å². The third-order valence-electron chi connectivity index (χ3n) is 2.79. The molecule has 0 fully saturated rings. The standard InChI is InChI=1S/C16H20FNO3/c1-3-21-11-9-18(2)16(20)15-12-14(17)8-7-13(15)6-4-5-10-19/h7-8,12,19H,3,5,9-11H2,1-2H3. The van der Waals surface area contributed by atoms with Gasteiger partial charge in [0.15, 0.2) is 0 Å². The summed E-state index contributed by atoms with van der Waals surface area (Å²) < 4.78 is 18.6. The van der Waals surface area contributed by atoms with Crippen LogP contribution in [0.15, 0.2) is 18.2 Å². The summed E-state index contributed by atoms with van der Waals surface area (Å²) in [6.07, 6.45) is 0.311. The highest BCUT2D eigenvalue weighted by molar-refractivity contribution is 5.96. The molecule has 0 heterocycles. The van der Waals surface area contributed by atoms with Gasteiger partial charge in [0, 0.05) is 32.2 Å². The van der Waals surface area contributed by atoms with E-state index in [0.29, 0.717) is 31.7 Å². The number of carbonyl (C=O) groups is 1. The first-order valence-corrected chi connectivity index (χ1v) is 6.82. The van der Waals surface area contributed by atoms with E-state index in [1.165, 1.54) is 23.1 Å². The van der Waals surface area contributed by atoms with E-state index in [-0.39, 0.29) is 18.1 Å². The van der Waals surface area contributed by atoms with Crippen LogP contribution in [0, 0.1) is 17.7 Å². The van der Waals surface area contributed by atoms with Crippen molar-refractivity contribution in [2.45, 2.75) is 13.3 Å². The summed E-state index contributed by atoms with van der Waals surface area (Å²) in [6, 6.07) is 3.92. The maximum atomic E-state index is 13.4. The number of rotatable bonds is 6. The van der Waals surface area contributed by atoms with Crippen molar-refractivity contribution < 1.29 is 19.0 Å². The van der Waals surface area contributed by atoms with E-state index < -0.39 is 5.82 Å². The molecule has 21 heavy (non-hydrogen) atoms. The predicted molar refractivity (Wildman–Crippen MR) is 78.4 cm³/mol. The molecule has 4 nitrogen and oxygen atoms in total. The highest BCUT2D eigenvalue weighted by Gasteiger charge is 2.15. The van der Waals surface area contributed by atoms with E-state index >= 15 is 0 Å². The quantitative estimate of drug-likeness (QED) is 0.641. The molecule has 0 aliphatic rings. The van der Waals surface area contributed by atoms with Crippen molar-refractivity contribution in [2.24, 2.45) is 0 Å². The number of hydrogen-bond acceptors (Lipinski definition) is 3. The monoisotopic (exact) mass is 293 g/mol. The van der Waals surface area contributed by atoms with Crippen LogP contribution in [0.4, 0.5) is 4.39 Å². The third-order valence-corrected chi connectivity index (χ3v) is 2.79. The van der Waals surface area contributed by atoms with Crippen LogP contribution in [0.3, 0.4) is 0 Å². The molecule has 114 valence electrons. The zero-order valence-electron chi connectivity index (χ0n) is 12.4. The van der Waals surface area contributed by atoms with Crippen LogP contribution in [0.25, 0.3) is 0 Å². The van der Waals surface area contributed by atoms with Crippen LogP contribution in [-0.4, -0.2) is 49.3 Å². The largest absolute Gasteiger partial charge is 0.395 e. The second kappa shape index (κ2) is 9.11. The lowest BCUT2D eigenvalue weighted by atomic mass is 10.1. The van der Waals surface area contributed by atoms with E-state index in [4.69, 9.17) is 9.84 Å². The Balaban J connectivity index is 2.91. The Kier molecular flexibility index (Phi) is 7.44. The third kappa shape index (κ3) is 5.54. The van der Waals surface area contributed by atoms with Crippen LogP contribution in [-0.2, 0) is 4.74 Å². The van der Waals surface area contributed by atoms with E-state index in [1.807, 2.05) is 6.92 Å². The van der Waals surface area contributed by atoms with Gasteiger partial charge in [0.1, 0.15) is 5.82 Å². The Labute approximate surface area is 124 Å². The highest BCUT2D eigenvalue weighted by Crippen LogP contribution is 2.13. The molecular formula is C16H20FNO3. The molecule has 5 heteroatoms. The lowest BCUT2D eigenvalue weighted by Crippen LogP contribution is -2.30. The van der Waals surface area contributed by atoms with Crippen LogP contribution in [0.2, 0.25) is 0 Å². The van der Waals surface area contributed by atoms with Gasteiger partial charge in [-0.05, 0) is 25.1 Å². The van der Waals surface area contributed by atoms with Crippen LogP contribution >= 0.6 is 0 Å². The molecule has 0 aliphatic carbocycles.